The molecule has 0 aromatic heterocycles. The molecule has 4 aliphatic rings. The van der Waals surface area contributed by atoms with Gasteiger partial charge < -0.3 is 36.6 Å². The topological polar surface area (TPSA) is 180 Å². The third kappa shape index (κ3) is 1.68. The van der Waals surface area contributed by atoms with Crippen LogP contribution < -0.4 is 11.5 Å². The first kappa shape index (κ1) is 17.2. The number of hydrogen-bond donors (Lipinski definition) is 6. The fourth-order valence-corrected chi connectivity index (χ4v) is 5.26. The van der Waals surface area contributed by atoms with Gasteiger partial charge in [-0.2, -0.15) is 0 Å². The molecule has 0 radical (unpaired) electrons. The van der Waals surface area contributed by atoms with E-state index < -0.39 is 52.3 Å². The van der Waals surface area contributed by atoms with E-state index in [0.717, 1.165) is 0 Å². The number of ketones is 1. The molecule has 146 valence electrons. The number of ether oxygens (including phenoxy) is 1. The van der Waals surface area contributed by atoms with Gasteiger partial charge >= 0.3 is 0 Å². The van der Waals surface area contributed by atoms with Gasteiger partial charge in [0.25, 0.3) is 5.91 Å². The summed E-state index contributed by atoms with van der Waals surface area (Å²) in [6.07, 6.45) is 0.583. The maximum absolute atomic E-state index is 13.4. The molecule has 9 nitrogen and oxygen atoms in total. The first-order valence-electron chi connectivity index (χ1n) is 8.85. The molecule has 1 aromatic rings. The van der Waals surface area contributed by atoms with Gasteiger partial charge in [0.05, 0.1) is 11.6 Å². The Balaban J connectivity index is 1.71. The zero-order valence-corrected chi connectivity index (χ0v) is 14.5. The van der Waals surface area contributed by atoms with Crippen molar-refractivity contribution in [1.82, 2.24) is 0 Å². The second-order valence-electron chi connectivity index (χ2n) is 7.78. The summed E-state index contributed by atoms with van der Waals surface area (Å²) in [4.78, 5) is 25.2. The van der Waals surface area contributed by atoms with Gasteiger partial charge in [-0.25, -0.2) is 0 Å². The number of rotatable bonds is 1. The molecule has 1 aromatic carbocycles. The summed E-state index contributed by atoms with van der Waals surface area (Å²) in [5, 5.41) is 42.2. The first-order chi connectivity index (χ1) is 13.1. The third-order valence-electron chi connectivity index (χ3n) is 6.50. The van der Waals surface area contributed by atoms with Gasteiger partial charge in [-0.05, 0) is 30.4 Å². The molecule has 1 saturated heterocycles. The van der Waals surface area contributed by atoms with Crippen LogP contribution in [0.2, 0.25) is 0 Å². The minimum atomic E-state index is -2.39. The van der Waals surface area contributed by atoms with Crippen LogP contribution in [0.5, 0.6) is 5.75 Å². The molecule has 9 heteroatoms. The summed E-state index contributed by atoms with van der Waals surface area (Å²) >= 11 is 0. The SMILES string of the molecule is NC(=O)C1=C(O)C(N)[C@@H]2C[C@@H]3Cc4cccc(O)c4C(O)=C3C(=O)[C@@]23OC13O. The van der Waals surface area contributed by atoms with Crippen LogP contribution in [-0.4, -0.2) is 49.5 Å². The average molecular weight is 386 g/mol. The number of aliphatic hydroxyl groups excluding tert-OH is 2. The average Bonchev–Trinajstić information content (AvgIpc) is 3.24. The van der Waals surface area contributed by atoms with Gasteiger partial charge in [-0.3, -0.25) is 9.59 Å². The van der Waals surface area contributed by atoms with E-state index in [1.165, 1.54) is 6.07 Å². The highest BCUT2D eigenvalue weighted by atomic mass is 16.8. The fraction of sp³-hybridized carbons (Fsp3) is 0.368. The zero-order valence-electron chi connectivity index (χ0n) is 14.5. The van der Waals surface area contributed by atoms with Gasteiger partial charge in [0.2, 0.25) is 11.6 Å². The van der Waals surface area contributed by atoms with E-state index in [0.29, 0.717) is 12.0 Å². The summed E-state index contributed by atoms with van der Waals surface area (Å²) in [6, 6.07) is 3.64. The van der Waals surface area contributed by atoms with Gasteiger partial charge in [-0.15, -0.1) is 0 Å². The quantitative estimate of drug-likeness (QED) is 0.350. The molecule has 8 N–H and O–H groups in total. The number of epoxide rings is 1. The Morgan fingerprint density at radius 1 is 1.25 bits per heavy atom. The van der Waals surface area contributed by atoms with Crippen LogP contribution >= 0.6 is 0 Å². The lowest BCUT2D eigenvalue weighted by Crippen LogP contribution is -2.59. The number of amides is 1. The molecule has 1 aliphatic heterocycles. The zero-order chi connectivity index (χ0) is 20.2. The molecular weight excluding hydrogens is 368 g/mol. The highest BCUT2D eigenvalue weighted by Crippen LogP contribution is 2.66. The number of aromatic hydroxyl groups is 1. The molecule has 28 heavy (non-hydrogen) atoms. The van der Waals surface area contributed by atoms with Crippen molar-refractivity contribution in [3.05, 3.63) is 46.2 Å². The fourth-order valence-electron chi connectivity index (χ4n) is 5.26. The molecule has 2 unspecified atom stereocenters. The molecule has 0 bridgehead atoms. The number of aliphatic hydroxyl groups is 3. The summed E-state index contributed by atoms with van der Waals surface area (Å²) in [7, 11) is 0. The minimum Gasteiger partial charge on any atom is -0.510 e. The molecule has 2 fully saturated rings. The predicted octanol–water partition coefficient (Wildman–Crippen LogP) is -0.481. The van der Waals surface area contributed by atoms with Crippen LogP contribution in [0.25, 0.3) is 5.76 Å². The minimum absolute atomic E-state index is 0.0126. The number of nitrogens with two attached hydrogens (primary N) is 2. The lowest BCUT2D eigenvalue weighted by molar-refractivity contribution is -0.126. The standard InChI is InChI=1S/C19H18N2O7/c20-13-8-5-7-4-6-2-1-3-9(22)10(6)14(23)11(7)16(25)18(8)19(27,28-18)12(15(13)24)17(21)26/h1-3,7-8,13,22-24,27H,4-5,20H2,(H2,21,26)/t7-,8-,13?,18-,19?/m0/s1. The van der Waals surface area contributed by atoms with Crippen LogP contribution in [0.3, 0.4) is 0 Å². The van der Waals surface area contributed by atoms with Gasteiger partial charge in [0, 0.05) is 11.5 Å². The van der Waals surface area contributed by atoms with Crippen molar-refractivity contribution in [3.63, 3.8) is 0 Å². The summed E-state index contributed by atoms with van der Waals surface area (Å²) < 4.78 is 5.40. The highest BCUT2D eigenvalue weighted by molar-refractivity contribution is 6.13. The Hall–Kier alpha value is -2.88. The Morgan fingerprint density at radius 2 is 1.96 bits per heavy atom. The number of hydrogen-bond acceptors (Lipinski definition) is 8. The smallest absolute Gasteiger partial charge is 0.253 e. The Labute approximate surface area is 158 Å². The number of phenolic OH excluding ortho intramolecular Hbond substituents is 1. The van der Waals surface area contributed by atoms with E-state index in [-0.39, 0.29) is 29.1 Å². The lowest BCUT2D eigenvalue weighted by atomic mass is 9.59. The van der Waals surface area contributed by atoms with Crippen molar-refractivity contribution in [2.24, 2.45) is 23.3 Å². The Bertz CT molecular complexity index is 1040. The Kier molecular flexibility index (Phi) is 3.04. The number of carbonyl (C=O) groups excluding carboxylic acids is 2. The van der Waals surface area contributed by atoms with Gasteiger partial charge in [-0.1, -0.05) is 12.1 Å². The van der Waals surface area contributed by atoms with E-state index in [9.17, 15) is 30.0 Å². The maximum Gasteiger partial charge on any atom is 0.253 e. The molecule has 1 saturated carbocycles. The van der Waals surface area contributed by atoms with Crippen molar-refractivity contribution in [2.45, 2.75) is 30.3 Å². The van der Waals surface area contributed by atoms with E-state index >= 15 is 0 Å². The van der Waals surface area contributed by atoms with Crippen molar-refractivity contribution in [1.29, 1.82) is 0 Å². The molecular formula is C19H18N2O7. The van der Waals surface area contributed by atoms with Crippen LogP contribution in [0.4, 0.5) is 0 Å². The van der Waals surface area contributed by atoms with E-state index in [2.05, 4.69) is 0 Å². The van der Waals surface area contributed by atoms with Crippen LogP contribution in [-0.2, 0) is 20.7 Å². The van der Waals surface area contributed by atoms with E-state index in [1.54, 1.807) is 12.1 Å². The van der Waals surface area contributed by atoms with Crippen LogP contribution in [0.1, 0.15) is 17.5 Å². The maximum atomic E-state index is 13.4. The number of carbonyl (C=O) groups is 2. The number of primary amides is 1. The lowest BCUT2D eigenvalue weighted by Gasteiger charge is -2.43. The summed E-state index contributed by atoms with van der Waals surface area (Å²) in [5.74, 6) is -6.66. The van der Waals surface area contributed by atoms with Crippen molar-refractivity contribution in [3.8, 4) is 5.75 Å². The molecule has 1 amide bonds. The van der Waals surface area contributed by atoms with Crippen molar-refractivity contribution in [2.75, 3.05) is 0 Å². The second kappa shape index (κ2) is 4.93. The molecule has 1 heterocycles. The third-order valence-corrected chi connectivity index (χ3v) is 6.50. The van der Waals surface area contributed by atoms with Gasteiger partial charge in [0.1, 0.15) is 22.8 Å². The molecule has 5 rings (SSSR count). The first-order valence-corrected chi connectivity index (χ1v) is 8.85. The number of fused-ring (bicyclic) bond motifs is 2. The predicted molar refractivity (Wildman–Crippen MR) is 93.6 cm³/mol. The van der Waals surface area contributed by atoms with Crippen LogP contribution in [0.15, 0.2) is 35.1 Å². The molecule has 1 spiro atoms. The number of phenols is 1. The largest absolute Gasteiger partial charge is 0.510 e. The summed E-state index contributed by atoms with van der Waals surface area (Å²) in [6.45, 7) is 0. The number of Topliss-reactive ketones (excluding diaryl/α,β-unsaturated/α-hetero) is 1. The second-order valence-corrected chi connectivity index (χ2v) is 7.78. The summed E-state index contributed by atoms with van der Waals surface area (Å²) in [5.41, 5.74) is 9.67. The molecule has 3 aliphatic carbocycles. The Morgan fingerprint density at radius 3 is 2.64 bits per heavy atom. The van der Waals surface area contributed by atoms with E-state index in [1.807, 2.05) is 0 Å². The normalized spacial score (nSPS) is 38.4. The monoisotopic (exact) mass is 386 g/mol. The van der Waals surface area contributed by atoms with E-state index in [4.69, 9.17) is 16.2 Å². The van der Waals surface area contributed by atoms with Crippen molar-refractivity contribution >= 4 is 17.4 Å². The van der Waals surface area contributed by atoms with Crippen LogP contribution in [0, 0.1) is 11.8 Å². The molecule has 5 atom stereocenters. The van der Waals surface area contributed by atoms with Crippen molar-refractivity contribution < 1.29 is 34.8 Å². The van der Waals surface area contributed by atoms with Gasteiger partial charge in [0.15, 0.2) is 5.60 Å². The highest BCUT2D eigenvalue weighted by Gasteiger charge is 2.85. The number of benzene rings is 1.